The van der Waals surface area contributed by atoms with Crippen LogP contribution in [0, 0.1) is 0 Å². The fraction of sp³-hybridized carbons (Fsp3) is 0.286. The summed E-state index contributed by atoms with van der Waals surface area (Å²) < 4.78 is 0. The molecule has 1 atom stereocenters. The van der Waals surface area contributed by atoms with Gasteiger partial charge in [-0.2, -0.15) is 0 Å². The Morgan fingerprint density at radius 1 is 1.42 bits per heavy atom. The average molecular weight is 256 g/mol. The van der Waals surface area contributed by atoms with Gasteiger partial charge in [-0.3, -0.25) is 9.78 Å². The molecule has 0 saturated carbocycles. The van der Waals surface area contributed by atoms with Gasteiger partial charge in [0.05, 0.1) is 11.2 Å². The number of benzene rings is 1. The van der Waals surface area contributed by atoms with Crippen LogP contribution in [0.2, 0.25) is 0 Å². The predicted octanol–water partition coefficient (Wildman–Crippen LogP) is 1.14. The van der Waals surface area contributed by atoms with Crippen molar-refractivity contribution in [3.05, 3.63) is 30.5 Å². The number of anilines is 2. The molecular weight excluding hydrogens is 240 g/mol. The highest BCUT2D eigenvalue weighted by molar-refractivity contribution is 5.99. The van der Waals surface area contributed by atoms with E-state index in [1.54, 1.807) is 6.20 Å². The summed E-state index contributed by atoms with van der Waals surface area (Å²) in [4.78, 5) is 18.2. The lowest BCUT2D eigenvalue weighted by Crippen LogP contribution is -2.54. The molecule has 1 aromatic carbocycles. The maximum atomic E-state index is 11.8. The topological polar surface area (TPSA) is 71.2 Å². The van der Waals surface area contributed by atoms with E-state index in [2.05, 4.69) is 15.2 Å². The third-order valence-electron chi connectivity index (χ3n) is 3.59. The van der Waals surface area contributed by atoms with Gasteiger partial charge in [0.15, 0.2) is 0 Å². The van der Waals surface area contributed by atoms with Crippen LogP contribution < -0.4 is 16.0 Å². The Bertz CT molecular complexity index is 640. The number of aromatic nitrogens is 1. The molecule has 1 amide bonds. The number of para-hydroxylation sites is 1. The highest BCUT2D eigenvalue weighted by Crippen LogP contribution is 2.30. The first-order valence-corrected chi connectivity index (χ1v) is 6.36. The Labute approximate surface area is 111 Å². The quantitative estimate of drug-likeness (QED) is 0.751. The second kappa shape index (κ2) is 4.42. The Hall–Kier alpha value is -2.30. The van der Waals surface area contributed by atoms with Crippen LogP contribution in [-0.2, 0) is 4.79 Å². The fourth-order valence-electron chi connectivity index (χ4n) is 2.55. The second-order valence-corrected chi connectivity index (χ2v) is 4.73. The van der Waals surface area contributed by atoms with E-state index in [1.165, 1.54) is 0 Å². The predicted molar refractivity (Wildman–Crippen MR) is 76.0 cm³/mol. The van der Waals surface area contributed by atoms with Gasteiger partial charge >= 0.3 is 0 Å². The van der Waals surface area contributed by atoms with Crippen molar-refractivity contribution in [2.75, 3.05) is 23.7 Å². The Kier molecular flexibility index (Phi) is 2.74. The highest BCUT2D eigenvalue weighted by Gasteiger charge is 2.26. The van der Waals surface area contributed by atoms with Crippen molar-refractivity contribution < 1.29 is 4.79 Å². The zero-order chi connectivity index (χ0) is 13.4. The summed E-state index contributed by atoms with van der Waals surface area (Å²) in [7, 11) is 0. The zero-order valence-corrected chi connectivity index (χ0v) is 10.8. The van der Waals surface area contributed by atoms with Crippen LogP contribution >= 0.6 is 0 Å². The van der Waals surface area contributed by atoms with Crippen molar-refractivity contribution in [1.29, 1.82) is 0 Å². The number of pyridine rings is 1. The Morgan fingerprint density at radius 2 is 2.26 bits per heavy atom. The van der Waals surface area contributed by atoms with Gasteiger partial charge in [0, 0.05) is 30.4 Å². The molecule has 1 unspecified atom stereocenters. The molecule has 3 N–H and O–H groups in total. The lowest BCUT2D eigenvalue weighted by Gasteiger charge is -2.35. The van der Waals surface area contributed by atoms with Gasteiger partial charge in [0.2, 0.25) is 5.91 Å². The Balaban J connectivity index is 2.15. The van der Waals surface area contributed by atoms with Gasteiger partial charge in [-0.15, -0.1) is 0 Å². The summed E-state index contributed by atoms with van der Waals surface area (Å²) >= 11 is 0. The number of nitrogens with one attached hydrogen (secondary N) is 1. The molecule has 5 heteroatoms. The summed E-state index contributed by atoms with van der Waals surface area (Å²) in [5, 5.41) is 3.86. The fourth-order valence-corrected chi connectivity index (χ4v) is 2.55. The number of nitrogens with zero attached hydrogens (tertiary/aromatic N) is 2. The van der Waals surface area contributed by atoms with Gasteiger partial charge in [0.1, 0.15) is 6.04 Å². The van der Waals surface area contributed by atoms with Crippen LogP contribution in [0.15, 0.2) is 30.5 Å². The van der Waals surface area contributed by atoms with E-state index in [9.17, 15) is 4.79 Å². The van der Waals surface area contributed by atoms with E-state index in [-0.39, 0.29) is 11.9 Å². The molecule has 1 fully saturated rings. The van der Waals surface area contributed by atoms with Crippen molar-refractivity contribution in [3.63, 3.8) is 0 Å². The molecule has 19 heavy (non-hydrogen) atoms. The van der Waals surface area contributed by atoms with Gasteiger partial charge < -0.3 is 16.0 Å². The first-order chi connectivity index (χ1) is 9.18. The average Bonchev–Trinajstić information content (AvgIpc) is 2.42. The molecule has 1 aromatic heterocycles. The first kappa shape index (κ1) is 11.8. The summed E-state index contributed by atoms with van der Waals surface area (Å²) in [5.41, 5.74) is 8.42. The zero-order valence-electron chi connectivity index (χ0n) is 10.8. The number of piperazine rings is 1. The number of hydrogen-bond donors (Lipinski definition) is 2. The smallest absolute Gasteiger partial charge is 0.242 e. The number of rotatable bonds is 1. The minimum atomic E-state index is -0.180. The molecule has 0 bridgehead atoms. The monoisotopic (exact) mass is 256 g/mol. The van der Waals surface area contributed by atoms with Crippen molar-refractivity contribution in [2.45, 2.75) is 13.0 Å². The molecule has 1 aliphatic rings. The van der Waals surface area contributed by atoms with Crippen LogP contribution in [0.1, 0.15) is 6.92 Å². The van der Waals surface area contributed by atoms with Crippen LogP contribution in [0.4, 0.5) is 11.4 Å². The third kappa shape index (κ3) is 1.87. The van der Waals surface area contributed by atoms with E-state index >= 15 is 0 Å². The van der Waals surface area contributed by atoms with Crippen LogP contribution in [0.5, 0.6) is 0 Å². The van der Waals surface area contributed by atoms with E-state index < -0.39 is 0 Å². The molecule has 0 radical (unpaired) electrons. The van der Waals surface area contributed by atoms with Gasteiger partial charge in [-0.1, -0.05) is 12.1 Å². The minimum absolute atomic E-state index is 0.0557. The third-order valence-corrected chi connectivity index (χ3v) is 3.59. The molecule has 1 saturated heterocycles. The van der Waals surface area contributed by atoms with Crippen LogP contribution in [0.25, 0.3) is 10.9 Å². The molecule has 98 valence electrons. The number of nitrogens with two attached hydrogens (primary N) is 1. The molecule has 2 aromatic rings. The molecule has 1 aliphatic heterocycles. The Morgan fingerprint density at radius 3 is 3.11 bits per heavy atom. The van der Waals surface area contributed by atoms with Gasteiger partial charge in [0.25, 0.3) is 0 Å². The lowest BCUT2D eigenvalue weighted by molar-refractivity contribution is -0.122. The second-order valence-electron chi connectivity index (χ2n) is 4.73. The van der Waals surface area contributed by atoms with Gasteiger partial charge in [-0.25, -0.2) is 0 Å². The maximum absolute atomic E-state index is 11.8. The van der Waals surface area contributed by atoms with Crippen molar-refractivity contribution in [3.8, 4) is 0 Å². The molecule has 0 spiro atoms. The molecule has 5 nitrogen and oxygen atoms in total. The molecule has 2 heterocycles. The minimum Gasteiger partial charge on any atom is -0.397 e. The van der Waals surface area contributed by atoms with E-state index in [4.69, 9.17) is 5.73 Å². The number of carbonyl (C=O) groups is 1. The maximum Gasteiger partial charge on any atom is 0.242 e. The summed E-state index contributed by atoms with van der Waals surface area (Å²) in [6.07, 6.45) is 1.74. The molecule has 0 aliphatic carbocycles. The number of hydrogen-bond acceptors (Lipinski definition) is 4. The first-order valence-electron chi connectivity index (χ1n) is 6.36. The van der Waals surface area contributed by atoms with Crippen molar-refractivity contribution >= 4 is 28.2 Å². The summed E-state index contributed by atoms with van der Waals surface area (Å²) in [6.45, 7) is 3.36. The number of fused-ring (bicyclic) bond motifs is 1. The SMILES string of the molecule is CC1C(=O)NCCN1c1ccnc2c(N)cccc12. The number of carbonyl (C=O) groups excluding carboxylic acids is 1. The van der Waals surface area contributed by atoms with Crippen molar-refractivity contribution in [1.82, 2.24) is 10.3 Å². The lowest BCUT2D eigenvalue weighted by atomic mass is 10.1. The largest absolute Gasteiger partial charge is 0.397 e. The summed E-state index contributed by atoms with van der Waals surface area (Å²) in [6, 6.07) is 7.51. The van der Waals surface area contributed by atoms with Crippen LogP contribution in [-0.4, -0.2) is 30.0 Å². The van der Waals surface area contributed by atoms with E-state index in [0.29, 0.717) is 12.2 Å². The number of amides is 1. The molecule has 3 rings (SSSR count). The molecular formula is C14H16N4O. The van der Waals surface area contributed by atoms with Crippen molar-refractivity contribution in [2.24, 2.45) is 0 Å². The normalized spacial score (nSPS) is 19.5. The highest BCUT2D eigenvalue weighted by atomic mass is 16.2. The van der Waals surface area contributed by atoms with Crippen LogP contribution in [0.3, 0.4) is 0 Å². The van der Waals surface area contributed by atoms with E-state index in [0.717, 1.165) is 23.1 Å². The number of nitrogen functional groups attached to an aromatic ring is 1. The summed E-state index contributed by atoms with van der Waals surface area (Å²) in [5.74, 6) is 0.0557. The van der Waals surface area contributed by atoms with E-state index in [1.807, 2.05) is 31.2 Å². The van der Waals surface area contributed by atoms with Gasteiger partial charge in [-0.05, 0) is 19.1 Å². The standard InChI is InChI=1S/C14H16N4O/c1-9-14(19)17-7-8-18(9)12-5-6-16-13-10(12)3-2-4-11(13)15/h2-6,9H,7-8,15H2,1H3,(H,17,19).